The highest BCUT2D eigenvalue weighted by Crippen LogP contribution is 2.38. The van der Waals surface area contributed by atoms with Gasteiger partial charge in [0.1, 0.15) is 11.4 Å². The van der Waals surface area contributed by atoms with Crippen LogP contribution in [0.4, 0.5) is 4.79 Å². The second-order valence-electron chi connectivity index (χ2n) is 7.10. The first kappa shape index (κ1) is 16.8. The fourth-order valence-corrected chi connectivity index (χ4v) is 3.42. The third-order valence-electron chi connectivity index (χ3n) is 4.32. The van der Waals surface area contributed by atoms with Gasteiger partial charge in [-0.1, -0.05) is 0 Å². The zero-order valence-electron chi connectivity index (χ0n) is 13.8. The predicted molar refractivity (Wildman–Crippen MR) is 79.2 cm³/mol. The van der Waals surface area contributed by atoms with Gasteiger partial charge in [-0.2, -0.15) is 0 Å². The molecule has 0 aromatic carbocycles. The van der Waals surface area contributed by atoms with Gasteiger partial charge in [0.15, 0.2) is 0 Å². The molecule has 124 valence electrons. The molecule has 2 bridgehead atoms. The fraction of sp³-hybridized carbons (Fsp3) is 0.812. The molecule has 0 aliphatic carbocycles. The van der Waals surface area contributed by atoms with Gasteiger partial charge in [0, 0.05) is 24.4 Å². The number of ketones is 1. The molecule has 2 aliphatic heterocycles. The number of esters is 1. The van der Waals surface area contributed by atoms with Crippen molar-refractivity contribution in [3.63, 3.8) is 0 Å². The van der Waals surface area contributed by atoms with Crippen molar-refractivity contribution in [2.75, 3.05) is 7.11 Å². The van der Waals surface area contributed by atoms with Crippen molar-refractivity contribution < 1.29 is 23.9 Å². The molecule has 2 aliphatic rings. The second-order valence-corrected chi connectivity index (χ2v) is 7.10. The van der Waals surface area contributed by atoms with Crippen LogP contribution in [0.2, 0.25) is 0 Å². The number of ether oxygens (including phenoxy) is 2. The summed E-state index contributed by atoms with van der Waals surface area (Å²) < 4.78 is 10.2. The molecule has 2 heterocycles. The third-order valence-corrected chi connectivity index (χ3v) is 4.32. The van der Waals surface area contributed by atoms with Gasteiger partial charge in [-0.05, 0) is 40.0 Å². The first-order valence-electron chi connectivity index (χ1n) is 7.84. The number of amides is 1. The normalized spacial score (nSPS) is 28.3. The van der Waals surface area contributed by atoms with Crippen LogP contribution in [0, 0.1) is 5.92 Å². The first-order valence-corrected chi connectivity index (χ1v) is 7.84. The number of nitrogens with zero attached hydrogens (tertiary/aromatic N) is 1. The maximum atomic E-state index is 12.5. The Balaban J connectivity index is 2.20. The Labute approximate surface area is 131 Å². The number of hydrogen-bond donors (Lipinski definition) is 0. The summed E-state index contributed by atoms with van der Waals surface area (Å²) in [4.78, 5) is 38.1. The molecule has 0 aromatic rings. The van der Waals surface area contributed by atoms with Gasteiger partial charge in [-0.25, -0.2) is 4.79 Å². The lowest BCUT2D eigenvalue weighted by atomic mass is 9.75. The standard InChI is InChI=1S/C16H25NO5/c1-16(2,3)22-15(20)17-10-6-5-7-12(17)11(13(18)8-10)9-14(19)21-4/h10-12H,5-9H2,1-4H3. The van der Waals surface area contributed by atoms with Gasteiger partial charge >= 0.3 is 12.1 Å². The number of carbonyl (C=O) groups excluding carboxylic acids is 3. The molecule has 0 radical (unpaired) electrons. The molecule has 3 unspecified atom stereocenters. The van der Waals surface area contributed by atoms with E-state index in [9.17, 15) is 14.4 Å². The van der Waals surface area contributed by atoms with Crippen molar-refractivity contribution in [3.8, 4) is 0 Å². The zero-order valence-corrected chi connectivity index (χ0v) is 13.8. The number of carbonyl (C=O) groups is 3. The highest BCUT2D eigenvalue weighted by molar-refractivity contribution is 5.89. The number of piperidine rings is 2. The van der Waals surface area contributed by atoms with Crippen LogP contribution in [0.3, 0.4) is 0 Å². The van der Waals surface area contributed by atoms with E-state index in [4.69, 9.17) is 4.74 Å². The maximum Gasteiger partial charge on any atom is 0.410 e. The van der Waals surface area contributed by atoms with Crippen molar-refractivity contribution in [3.05, 3.63) is 0 Å². The third kappa shape index (κ3) is 3.59. The molecule has 1 amide bonds. The average molecular weight is 311 g/mol. The minimum Gasteiger partial charge on any atom is -0.469 e. The molecule has 22 heavy (non-hydrogen) atoms. The predicted octanol–water partition coefficient (Wildman–Crippen LogP) is 2.30. The van der Waals surface area contributed by atoms with Gasteiger partial charge < -0.3 is 14.4 Å². The summed E-state index contributed by atoms with van der Waals surface area (Å²) in [5, 5.41) is 0. The first-order chi connectivity index (χ1) is 10.2. The monoisotopic (exact) mass is 311 g/mol. The van der Waals surface area contributed by atoms with E-state index in [1.807, 2.05) is 20.8 Å². The highest BCUT2D eigenvalue weighted by Gasteiger charge is 2.48. The Morgan fingerprint density at radius 1 is 1.27 bits per heavy atom. The number of hydrogen-bond acceptors (Lipinski definition) is 5. The molecule has 2 saturated heterocycles. The molecule has 0 N–H and O–H groups in total. The number of fused-ring (bicyclic) bond motifs is 2. The van der Waals surface area contributed by atoms with E-state index < -0.39 is 17.5 Å². The summed E-state index contributed by atoms with van der Waals surface area (Å²) in [6.45, 7) is 5.46. The van der Waals surface area contributed by atoms with Crippen LogP contribution in [0.1, 0.15) is 52.9 Å². The van der Waals surface area contributed by atoms with Crippen molar-refractivity contribution in [1.29, 1.82) is 0 Å². The van der Waals surface area contributed by atoms with E-state index in [1.54, 1.807) is 4.90 Å². The topological polar surface area (TPSA) is 72.9 Å². The summed E-state index contributed by atoms with van der Waals surface area (Å²) >= 11 is 0. The van der Waals surface area contributed by atoms with E-state index in [0.717, 1.165) is 19.3 Å². The minimum atomic E-state index is -0.579. The highest BCUT2D eigenvalue weighted by atomic mass is 16.6. The number of methoxy groups -OCH3 is 1. The number of Topliss-reactive ketones (excluding diaryl/α,β-unsaturated/α-hetero) is 1. The summed E-state index contributed by atoms with van der Waals surface area (Å²) in [5.74, 6) is -0.831. The summed E-state index contributed by atoms with van der Waals surface area (Å²) in [5.41, 5.74) is -0.579. The molecular weight excluding hydrogens is 286 g/mol. The van der Waals surface area contributed by atoms with E-state index in [-0.39, 0.29) is 30.4 Å². The van der Waals surface area contributed by atoms with Gasteiger partial charge in [0.05, 0.1) is 13.5 Å². The lowest BCUT2D eigenvalue weighted by molar-refractivity contribution is -0.148. The largest absolute Gasteiger partial charge is 0.469 e. The average Bonchev–Trinajstić information content (AvgIpc) is 2.40. The molecular formula is C16H25NO5. The Morgan fingerprint density at radius 2 is 1.95 bits per heavy atom. The molecule has 2 fully saturated rings. The summed E-state index contributed by atoms with van der Waals surface area (Å²) in [6, 6.07) is -0.357. The molecule has 6 heteroatoms. The molecule has 6 nitrogen and oxygen atoms in total. The van der Waals surface area contributed by atoms with Crippen LogP contribution < -0.4 is 0 Å². The number of rotatable bonds is 2. The van der Waals surface area contributed by atoms with Crippen molar-refractivity contribution in [2.24, 2.45) is 5.92 Å². The maximum absolute atomic E-state index is 12.5. The SMILES string of the molecule is COC(=O)CC1C(=O)CC2CCCC1N2C(=O)OC(C)(C)C. The van der Waals surface area contributed by atoms with Gasteiger partial charge in [-0.3, -0.25) is 9.59 Å². The Morgan fingerprint density at radius 3 is 2.55 bits per heavy atom. The molecule has 0 aromatic heterocycles. The van der Waals surface area contributed by atoms with E-state index in [0.29, 0.717) is 6.42 Å². The zero-order chi connectivity index (χ0) is 16.5. The fourth-order valence-electron chi connectivity index (χ4n) is 3.42. The lowest BCUT2D eigenvalue weighted by Gasteiger charge is -2.48. The lowest BCUT2D eigenvalue weighted by Crippen LogP contribution is -2.60. The Hall–Kier alpha value is -1.59. The molecule has 2 rings (SSSR count). The van der Waals surface area contributed by atoms with Gasteiger partial charge in [0.25, 0.3) is 0 Å². The van der Waals surface area contributed by atoms with Crippen LogP contribution in [0.5, 0.6) is 0 Å². The molecule has 0 saturated carbocycles. The molecule has 3 atom stereocenters. The molecule has 0 spiro atoms. The summed E-state index contributed by atoms with van der Waals surface area (Å²) in [6.07, 6.45) is 2.45. The Kier molecular flexibility index (Phi) is 4.78. The van der Waals surface area contributed by atoms with E-state index in [2.05, 4.69) is 4.74 Å². The van der Waals surface area contributed by atoms with E-state index >= 15 is 0 Å². The van der Waals surface area contributed by atoms with E-state index in [1.165, 1.54) is 7.11 Å². The van der Waals surface area contributed by atoms with Crippen LogP contribution in [0.25, 0.3) is 0 Å². The van der Waals surface area contributed by atoms with Gasteiger partial charge in [0.2, 0.25) is 0 Å². The Bertz CT molecular complexity index is 468. The van der Waals surface area contributed by atoms with Crippen LogP contribution >= 0.6 is 0 Å². The van der Waals surface area contributed by atoms with Crippen LogP contribution in [0.15, 0.2) is 0 Å². The van der Waals surface area contributed by atoms with Crippen LogP contribution in [-0.4, -0.2) is 47.5 Å². The second kappa shape index (κ2) is 6.26. The van der Waals surface area contributed by atoms with Crippen LogP contribution in [-0.2, 0) is 19.1 Å². The van der Waals surface area contributed by atoms with Crippen molar-refractivity contribution in [2.45, 2.75) is 70.6 Å². The minimum absolute atomic E-state index is 0.0337. The quantitative estimate of drug-likeness (QED) is 0.732. The smallest absolute Gasteiger partial charge is 0.410 e. The van der Waals surface area contributed by atoms with Gasteiger partial charge in [-0.15, -0.1) is 0 Å². The van der Waals surface area contributed by atoms with Crippen molar-refractivity contribution >= 4 is 17.8 Å². The van der Waals surface area contributed by atoms with Crippen molar-refractivity contribution in [1.82, 2.24) is 4.90 Å². The summed E-state index contributed by atoms with van der Waals surface area (Å²) in [7, 11) is 1.31.